The third-order valence-electron chi connectivity index (χ3n) is 8.38. The number of esters is 1. The van der Waals surface area contributed by atoms with Gasteiger partial charge in [0.05, 0.1) is 13.0 Å². The van der Waals surface area contributed by atoms with Gasteiger partial charge in [0.2, 0.25) is 0 Å². The van der Waals surface area contributed by atoms with E-state index in [1.54, 1.807) is 14.2 Å². The summed E-state index contributed by atoms with van der Waals surface area (Å²) in [5, 5.41) is 0. The highest BCUT2D eigenvalue weighted by molar-refractivity contribution is 5.75. The summed E-state index contributed by atoms with van der Waals surface area (Å²) in [5.74, 6) is 4.11. The number of carbonyl (C=O) groups excluding carboxylic acids is 1. The minimum atomic E-state index is -0.0574. The van der Waals surface area contributed by atoms with Crippen molar-refractivity contribution < 1.29 is 19.0 Å². The largest absolute Gasteiger partial charge is 0.496 e. The second-order valence-corrected chi connectivity index (χ2v) is 10.7. The lowest BCUT2D eigenvalue weighted by molar-refractivity contribution is -0.140. The quantitative estimate of drug-likeness (QED) is 0.167. The van der Waals surface area contributed by atoms with Gasteiger partial charge in [-0.25, -0.2) is 0 Å². The molecule has 0 atom stereocenters. The Bertz CT molecular complexity index is 715. The standard InChI is InChI=1S/C30H48O4/c1-4-9-23-11-13-24(14-12-23)25-15-17-27(18-16-25)30(31)34-28-20-19-26(29(22-28)33-3)10-7-5-6-8-21-32-2/h19-20,22-25,27H,4-18,21H2,1-3H3. The predicted molar refractivity (Wildman–Crippen MR) is 138 cm³/mol. The molecule has 0 spiro atoms. The Hall–Kier alpha value is -1.55. The predicted octanol–water partition coefficient (Wildman–Crippen LogP) is 7.76. The Balaban J connectivity index is 1.41. The van der Waals surface area contributed by atoms with Crippen LogP contribution in [0.4, 0.5) is 0 Å². The third kappa shape index (κ3) is 8.29. The normalized spacial score (nSPS) is 25.1. The molecule has 1 aromatic rings. The fourth-order valence-corrected chi connectivity index (χ4v) is 6.29. The van der Waals surface area contributed by atoms with E-state index >= 15 is 0 Å². The van der Waals surface area contributed by atoms with Crippen molar-refractivity contribution in [2.24, 2.45) is 23.7 Å². The molecule has 0 aliphatic heterocycles. The van der Waals surface area contributed by atoms with Gasteiger partial charge in [-0.2, -0.15) is 0 Å². The molecule has 4 heteroatoms. The van der Waals surface area contributed by atoms with Crippen LogP contribution in [0.15, 0.2) is 18.2 Å². The van der Waals surface area contributed by atoms with Crippen molar-refractivity contribution in [1.29, 1.82) is 0 Å². The first kappa shape index (κ1) is 27.0. The van der Waals surface area contributed by atoms with Crippen molar-refractivity contribution in [2.45, 2.75) is 103 Å². The summed E-state index contributed by atoms with van der Waals surface area (Å²) >= 11 is 0. The molecule has 0 heterocycles. The van der Waals surface area contributed by atoms with Crippen molar-refractivity contribution in [3.8, 4) is 11.5 Å². The van der Waals surface area contributed by atoms with Gasteiger partial charge in [0, 0.05) is 19.8 Å². The molecule has 0 saturated heterocycles. The molecule has 192 valence electrons. The summed E-state index contributed by atoms with van der Waals surface area (Å²) in [6, 6.07) is 5.88. The van der Waals surface area contributed by atoms with Crippen LogP contribution in [-0.2, 0) is 16.0 Å². The maximum absolute atomic E-state index is 12.9. The summed E-state index contributed by atoms with van der Waals surface area (Å²) < 4.78 is 16.5. The number of hydrogen-bond acceptors (Lipinski definition) is 4. The number of unbranched alkanes of at least 4 members (excludes halogenated alkanes) is 3. The van der Waals surface area contributed by atoms with E-state index in [4.69, 9.17) is 14.2 Å². The number of methoxy groups -OCH3 is 2. The lowest BCUT2D eigenvalue weighted by atomic mass is 9.69. The van der Waals surface area contributed by atoms with E-state index in [-0.39, 0.29) is 11.9 Å². The van der Waals surface area contributed by atoms with Crippen LogP contribution in [0.1, 0.15) is 102 Å². The molecule has 1 aromatic carbocycles. The maximum Gasteiger partial charge on any atom is 0.314 e. The first-order valence-electron chi connectivity index (χ1n) is 14.0. The van der Waals surface area contributed by atoms with E-state index in [2.05, 4.69) is 13.0 Å². The van der Waals surface area contributed by atoms with E-state index in [1.165, 1.54) is 69.8 Å². The van der Waals surface area contributed by atoms with Gasteiger partial charge in [0.15, 0.2) is 0 Å². The van der Waals surface area contributed by atoms with E-state index in [1.807, 2.05) is 12.1 Å². The van der Waals surface area contributed by atoms with Gasteiger partial charge >= 0.3 is 5.97 Å². The average molecular weight is 473 g/mol. The lowest BCUT2D eigenvalue weighted by Crippen LogP contribution is -2.30. The number of hydrogen-bond donors (Lipinski definition) is 0. The smallest absolute Gasteiger partial charge is 0.314 e. The SMILES string of the molecule is CCCC1CCC(C2CCC(C(=O)Oc3ccc(CCCCCCOC)c(OC)c3)CC2)CC1. The number of ether oxygens (including phenoxy) is 3. The number of rotatable bonds is 13. The van der Waals surface area contributed by atoms with E-state index in [0.717, 1.165) is 62.2 Å². The van der Waals surface area contributed by atoms with Crippen LogP contribution in [-0.4, -0.2) is 26.8 Å². The summed E-state index contributed by atoms with van der Waals surface area (Å²) in [7, 11) is 3.45. The van der Waals surface area contributed by atoms with Gasteiger partial charge in [0.25, 0.3) is 0 Å². The van der Waals surface area contributed by atoms with Gasteiger partial charge in [-0.1, -0.05) is 51.5 Å². The molecule has 0 radical (unpaired) electrons. The molecule has 0 bridgehead atoms. The van der Waals surface area contributed by atoms with Crippen LogP contribution >= 0.6 is 0 Å². The average Bonchev–Trinajstić information content (AvgIpc) is 2.87. The molecule has 2 aliphatic carbocycles. The van der Waals surface area contributed by atoms with E-state index < -0.39 is 0 Å². The van der Waals surface area contributed by atoms with E-state index in [0.29, 0.717) is 5.75 Å². The summed E-state index contributed by atoms with van der Waals surface area (Å²) in [6.45, 7) is 3.15. The minimum absolute atomic E-state index is 0.0467. The highest BCUT2D eigenvalue weighted by Gasteiger charge is 2.33. The van der Waals surface area contributed by atoms with Crippen molar-refractivity contribution in [3.63, 3.8) is 0 Å². The molecule has 3 rings (SSSR count). The summed E-state index contributed by atoms with van der Waals surface area (Å²) in [4.78, 5) is 12.9. The van der Waals surface area contributed by atoms with Gasteiger partial charge in [-0.3, -0.25) is 4.79 Å². The Labute approximate surface area is 208 Å². The molecule has 0 aromatic heterocycles. The monoisotopic (exact) mass is 472 g/mol. The first-order chi connectivity index (χ1) is 16.6. The summed E-state index contributed by atoms with van der Waals surface area (Å²) in [6.07, 6.45) is 18.3. The molecular formula is C30H48O4. The Morgan fingerprint density at radius 2 is 1.56 bits per heavy atom. The van der Waals surface area contributed by atoms with Crippen molar-refractivity contribution in [3.05, 3.63) is 23.8 Å². The molecule has 0 amide bonds. The molecule has 2 aliphatic rings. The van der Waals surface area contributed by atoms with Crippen LogP contribution < -0.4 is 9.47 Å². The fraction of sp³-hybridized carbons (Fsp3) is 0.767. The second-order valence-electron chi connectivity index (χ2n) is 10.7. The molecule has 34 heavy (non-hydrogen) atoms. The van der Waals surface area contributed by atoms with Crippen molar-refractivity contribution in [2.75, 3.05) is 20.8 Å². The molecular weight excluding hydrogens is 424 g/mol. The van der Waals surface area contributed by atoms with Crippen LogP contribution in [0, 0.1) is 23.7 Å². The summed E-state index contributed by atoms with van der Waals surface area (Å²) in [5.41, 5.74) is 1.18. The van der Waals surface area contributed by atoms with Crippen LogP contribution in [0.5, 0.6) is 11.5 Å². The van der Waals surface area contributed by atoms with Crippen molar-refractivity contribution in [1.82, 2.24) is 0 Å². The van der Waals surface area contributed by atoms with Gasteiger partial charge in [0.1, 0.15) is 11.5 Å². The highest BCUT2D eigenvalue weighted by atomic mass is 16.5. The van der Waals surface area contributed by atoms with Crippen LogP contribution in [0.25, 0.3) is 0 Å². The topological polar surface area (TPSA) is 44.8 Å². The molecule has 2 fully saturated rings. The number of benzene rings is 1. The molecule has 0 unspecified atom stereocenters. The van der Waals surface area contributed by atoms with Crippen molar-refractivity contribution >= 4 is 5.97 Å². The first-order valence-corrected chi connectivity index (χ1v) is 14.0. The maximum atomic E-state index is 12.9. The van der Waals surface area contributed by atoms with Crippen LogP contribution in [0.2, 0.25) is 0 Å². The number of carbonyl (C=O) groups is 1. The molecule has 2 saturated carbocycles. The Morgan fingerprint density at radius 1 is 0.882 bits per heavy atom. The van der Waals surface area contributed by atoms with E-state index in [9.17, 15) is 4.79 Å². The highest BCUT2D eigenvalue weighted by Crippen LogP contribution is 2.42. The molecule has 4 nitrogen and oxygen atoms in total. The lowest BCUT2D eigenvalue weighted by Gasteiger charge is -2.37. The fourth-order valence-electron chi connectivity index (χ4n) is 6.29. The second kappa shape index (κ2) is 14.8. The Kier molecular flexibility index (Phi) is 11.7. The van der Waals surface area contributed by atoms with Crippen LogP contribution in [0.3, 0.4) is 0 Å². The Morgan fingerprint density at radius 3 is 2.21 bits per heavy atom. The zero-order chi connectivity index (χ0) is 24.2. The van der Waals surface area contributed by atoms with Gasteiger partial charge < -0.3 is 14.2 Å². The molecule has 0 N–H and O–H groups in total. The minimum Gasteiger partial charge on any atom is -0.496 e. The van der Waals surface area contributed by atoms with Gasteiger partial charge in [-0.05, 0) is 87.2 Å². The zero-order valence-electron chi connectivity index (χ0n) is 22.0. The third-order valence-corrected chi connectivity index (χ3v) is 8.38. The zero-order valence-corrected chi connectivity index (χ0v) is 22.0. The van der Waals surface area contributed by atoms with Gasteiger partial charge in [-0.15, -0.1) is 0 Å². The number of aryl methyl sites for hydroxylation is 1.